The van der Waals surface area contributed by atoms with Gasteiger partial charge in [0.05, 0.1) is 5.92 Å². The van der Waals surface area contributed by atoms with E-state index in [-0.39, 0.29) is 11.3 Å². The molecule has 11 heavy (non-hydrogen) atoms. The summed E-state index contributed by atoms with van der Waals surface area (Å²) in [6, 6.07) is 0. The first-order valence-electron chi connectivity index (χ1n) is 4.12. The second-order valence-corrected chi connectivity index (χ2v) is 4.41. The topological polar surface area (TPSA) is 37.3 Å². The molecule has 0 radical (unpaired) electrons. The van der Waals surface area contributed by atoms with E-state index in [1.807, 2.05) is 13.8 Å². The molecule has 0 aromatic rings. The van der Waals surface area contributed by atoms with Gasteiger partial charge in [-0.05, 0) is 17.3 Å². The monoisotopic (exact) mass is 156 g/mol. The van der Waals surface area contributed by atoms with Crippen LogP contribution in [0.4, 0.5) is 0 Å². The van der Waals surface area contributed by atoms with Crippen LogP contribution in [-0.4, -0.2) is 11.1 Å². The van der Waals surface area contributed by atoms with Crippen LogP contribution in [0.2, 0.25) is 0 Å². The predicted octanol–water partition coefficient (Wildman–Crippen LogP) is 2.00. The summed E-state index contributed by atoms with van der Waals surface area (Å²) < 4.78 is 0. The van der Waals surface area contributed by atoms with Gasteiger partial charge in [0.25, 0.3) is 0 Å². The molecule has 1 rings (SSSR count). The van der Waals surface area contributed by atoms with Gasteiger partial charge >= 0.3 is 5.97 Å². The van der Waals surface area contributed by atoms with Gasteiger partial charge in [0.2, 0.25) is 0 Å². The lowest BCUT2D eigenvalue weighted by Crippen LogP contribution is -2.03. The molecule has 2 nitrogen and oxygen atoms in total. The molecule has 0 heterocycles. The number of carbonyl (C=O) groups is 1. The van der Waals surface area contributed by atoms with Crippen molar-refractivity contribution in [1.29, 1.82) is 0 Å². The van der Waals surface area contributed by atoms with Gasteiger partial charge in [0.15, 0.2) is 0 Å². The van der Waals surface area contributed by atoms with Crippen molar-refractivity contribution in [3.63, 3.8) is 0 Å². The summed E-state index contributed by atoms with van der Waals surface area (Å²) in [5.74, 6) is 0.127. The van der Waals surface area contributed by atoms with Crippen molar-refractivity contribution in [3.05, 3.63) is 0 Å². The summed E-state index contributed by atoms with van der Waals surface area (Å²) in [6.07, 6.45) is 0. The minimum atomic E-state index is -0.631. The van der Waals surface area contributed by atoms with Crippen molar-refractivity contribution in [2.45, 2.75) is 27.7 Å². The molecular formula is C9H16O2. The standard InChI is InChI=1S/C9H16O2/c1-5(2)6-7(8(10)11)9(6,3)4/h5-7H,1-4H3,(H,10,11)/t6-,7+/m0/s1. The largest absolute Gasteiger partial charge is 0.481 e. The molecule has 0 aromatic heterocycles. The van der Waals surface area contributed by atoms with E-state index in [0.29, 0.717) is 11.8 Å². The van der Waals surface area contributed by atoms with Crippen LogP contribution in [0, 0.1) is 23.2 Å². The highest BCUT2D eigenvalue weighted by molar-refractivity contribution is 5.75. The molecule has 2 heteroatoms. The van der Waals surface area contributed by atoms with Gasteiger partial charge < -0.3 is 5.11 Å². The molecular weight excluding hydrogens is 140 g/mol. The Kier molecular flexibility index (Phi) is 1.73. The molecule has 0 aromatic carbocycles. The molecule has 0 aliphatic heterocycles. The van der Waals surface area contributed by atoms with Gasteiger partial charge in [0, 0.05) is 0 Å². The van der Waals surface area contributed by atoms with E-state index in [1.54, 1.807) is 0 Å². The molecule has 0 unspecified atom stereocenters. The zero-order valence-corrected chi connectivity index (χ0v) is 7.59. The second-order valence-electron chi connectivity index (χ2n) is 4.41. The van der Waals surface area contributed by atoms with Gasteiger partial charge in [-0.2, -0.15) is 0 Å². The maximum atomic E-state index is 10.7. The molecule has 1 saturated carbocycles. The lowest BCUT2D eigenvalue weighted by Gasteiger charge is -2.03. The fraction of sp³-hybridized carbons (Fsp3) is 0.889. The molecule has 64 valence electrons. The third-order valence-corrected chi connectivity index (χ3v) is 2.89. The van der Waals surface area contributed by atoms with Crippen molar-refractivity contribution in [2.75, 3.05) is 0 Å². The number of aliphatic carboxylic acids is 1. The van der Waals surface area contributed by atoms with Crippen LogP contribution in [0.5, 0.6) is 0 Å². The molecule has 0 bridgehead atoms. The zero-order valence-electron chi connectivity index (χ0n) is 7.59. The highest BCUT2D eigenvalue weighted by atomic mass is 16.4. The van der Waals surface area contributed by atoms with Crippen molar-refractivity contribution in [2.24, 2.45) is 23.2 Å². The molecule has 1 aliphatic rings. The molecule has 0 spiro atoms. The minimum absolute atomic E-state index is 0.0278. The Morgan fingerprint density at radius 1 is 1.45 bits per heavy atom. The summed E-state index contributed by atoms with van der Waals surface area (Å²) >= 11 is 0. The van der Waals surface area contributed by atoms with Gasteiger partial charge in [-0.15, -0.1) is 0 Å². The van der Waals surface area contributed by atoms with Crippen LogP contribution in [-0.2, 0) is 4.79 Å². The lowest BCUT2D eigenvalue weighted by atomic mass is 10.0. The Labute approximate surface area is 67.6 Å². The fourth-order valence-electron chi connectivity index (χ4n) is 2.39. The highest BCUT2D eigenvalue weighted by Crippen LogP contribution is 2.61. The van der Waals surface area contributed by atoms with Crippen molar-refractivity contribution < 1.29 is 9.90 Å². The molecule has 0 saturated heterocycles. The molecule has 1 fully saturated rings. The number of rotatable bonds is 2. The van der Waals surface area contributed by atoms with E-state index in [9.17, 15) is 4.79 Å². The quantitative estimate of drug-likeness (QED) is 0.664. The Morgan fingerprint density at radius 3 is 2.00 bits per heavy atom. The molecule has 1 aliphatic carbocycles. The third-order valence-electron chi connectivity index (χ3n) is 2.89. The fourth-order valence-corrected chi connectivity index (χ4v) is 2.39. The highest BCUT2D eigenvalue weighted by Gasteiger charge is 2.62. The Balaban J connectivity index is 2.68. The molecule has 1 N–H and O–H groups in total. The SMILES string of the molecule is CC(C)[C@H]1[C@H](C(=O)O)C1(C)C. The van der Waals surface area contributed by atoms with Crippen LogP contribution in [0.3, 0.4) is 0 Å². The van der Waals surface area contributed by atoms with E-state index in [4.69, 9.17) is 5.11 Å². The van der Waals surface area contributed by atoms with Crippen molar-refractivity contribution >= 4 is 5.97 Å². The number of hydrogen-bond donors (Lipinski definition) is 1. The summed E-state index contributed by atoms with van der Waals surface area (Å²) in [6.45, 7) is 8.26. The summed E-state index contributed by atoms with van der Waals surface area (Å²) in [5.41, 5.74) is 0.0278. The maximum Gasteiger partial charge on any atom is 0.307 e. The summed E-state index contributed by atoms with van der Waals surface area (Å²) in [5, 5.41) is 8.81. The Bertz CT molecular complexity index is 182. The van der Waals surface area contributed by atoms with Gasteiger partial charge in [-0.1, -0.05) is 27.7 Å². The van der Waals surface area contributed by atoms with Crippen molar-refractivity contribution in [3.8, 4) is 0 Å². The van der Waals surface area contributed by atoms with Crippen LogP contribution in [0.1, 0.15) is 27.7 Å². The minimum Gasteiger partial charge on any atom is -0.481 e. The van der Waals surface area contributed by atoms with Crippen LogP contribution in [0.15, 0.2) is 0 Å². The van der Waals surface area contributed by atoms with Crippen LogP contribution in [0.25, 0.3) is 0 Å². The number of carboxylic acids is 1. The average Bonchev–Trinajstić information content (AvgIpc) is 2.33. The van der Waals surface area contributed by atoms with E-state index in [2.05, 4.69) is 13.8 Å². The Morgan fingerprint density at radius 2 is 1.91 bits per heavy atom. The normalized spacial score (nSPS) is 33.9. The molecule has 0 amide bonds. The first-order chi connectivity index (χ1) is 4.89. The first kappa shape index (κ1) is 8.57. The average molecular weight is 156 g/mol. The summed E-state index contributed by atoms with van der Waals surface area (Å²) in [7, 11) is 0. The summed E-state index contributed by atoms with van der Waals surface area (Å²) in [4.78, 5) is 10.7. The Hall–Kier alpha value is -0.530. The lowest BCUT2D eigenvalue weighted by molar-refractivity contribution is -0.139. The molecule has 2 atom stereocenters. The van der Waals surface area contributed by atoms with E-state index in [0.717, 1.165) is 0 Å². The second kappa shape index (κ2) is 2.23. The van der Waals surface area contributed by atoms with Gasteiger partial charge in [-0.3, -0.25) is 4.79 Å². The first-order valence-corrected chi connectivity index (χ1v) is 4.12. The van der Waals surface area contributed by atoms with Crippen LogP contribution >= 0.6 is 0 Å². The number of hydrogen-bond acceptors (Lipinski definition) is 1. The van der Waals surface area contributed by atoms with Gasteiger partial charge in [0.1, 0.15) is 0 Å². The zero-order chi connectivity index (χ0) is 8.81. The van der Waals surface area contributed by atoms with E-state index >= 15 is 0 Å². The van der Waals surface area contributed by atoms with Crippen LogP contribution < -0.4 is 0 Å². The maximum absolute atomic E-state index is 10.7. The van der Waals surface area contributed by atoms with E-state index in [1.165, 1.54) is 0 Å². The number of carboxylic acid groups (broad SMARTS) is 1. The van der Waals surface area contributed by atoms with Crippen molar-refractivity contribution in [1.82, 2.24) is 0 Å². The van der Waals surface area contributed by atoms with Gasteiger partial charge in [-0.25, -0.2) is 0 Å². The third kappa shape index (κ3) is 1.15. The smallest absolute Gasteiger partial charge is 0.307 e. The van der Waals surface area contributed by atoms with E-state index < -0.39 is 5.97 Å². The predicted molar refractivity (Wildman–Crippen MR) is 43.2 cm³/mol.